The van der Waals surface area contributed by atoms with Crippen molar-refractivity contribution >= 4 is 51.5 Å². The van der Waals surface area contributed by atoms with Gasteiger partial charge in [0.05, 0.1) is 11.7 Å². The van der Waals surface area contributed by atoms with Crippen molar-refractivity contribution in [2.75, 3.05) is 6.61 Å². The molecule has 3 aromatic carbocycles. The predicted octanol–water partition coefficient (Wildman–Crippen LogP) is 8.22. The first-order chi connectivity index (χ1) is 17.1. The summed E-state index contributed by atoms with van der Waals surface area (Å²) in [5.74, 6) is 0. The second kappa shape index (κ2) is 10.4. The van der Waals surface area contributed by atoms with Crippen molar-refractivity contribution in [3.8, 4) is 0 Å². The van der Waals surface area contributed by atoms with Gasteiger partial charge in [0, 0.05) is 27.6 Å². The SMILES string of the molecule is CCC(=C(c1ccc(C=O)cc1)c1ccc2c(cnn2C2CCCCO2)c1)c1ccc(Cl)cc1Cl. The Labute approximate surface area is 215 Å². The lowest BCUT2D eigenvalue weighted by molar-refractivity contribution is -0.0366. The normalized spacial score (nSPS) is 16.8. The third-order valence-electron chi connectivity index (χ3n) is 6.56. The van der Waals surface area contributed by atoms with Gasteiger partial charge in [-0.05, 0) is 77.8 Å². The lowest BCUT2D eigenvalue weighted by Crippen LogP contribution is -2.18. The first-order valence-corrected chi connectivity index (χ1v) is 12.7. The Morgan fingerprint density at radius 2 is 1.86 bits per heavy atom. The van der Waals surface area contributed by atoms with E-state index in [2.05, 4.69) is 30.2 Å². The predicted molar refractivity (Wildman–Crippen MR) is 143 cm³/mol. The Morgan fingerprint density at radius 1 is 1.06 bits per heavy atom. The molecule has 0 aliphatic carbocycles. The Hall–Kier alpha value is -2.92. The summed E-state index contributed by atoms with van der Waals surface area (Å²) >= 11 is 12.9. The number of aldehydes is 1. The number of carbonyl (C=O) groups excluding carboxylic acids is 1. The van der Waals surface area contributed by atoms with E-state index in [1.54, 1.807) is 6.07 Å². The minimum atomic E-state index is -0.0166. The standard InChI is InChI=1S/C29H26Cl2N2O2/c1-2-24(25-12-11-23(30)16-26(25)31)29(20-8-6-19(18-34)7-9-20)21-10-13-27-22(15-21)17-32-33(27)28-5-3-4-14-35-28/h6-13,15-18,28H,2-5,14H2,1H3. The molecule has 0 radical (unpaired) electrons. The topological polar surface area (TPSA) is 44.1 Å². The van der Waals surface area contributed by atoms with Gasteiger partial charge >= 0.3 is 0 Å². The highest BCUT2D eigenvalue weighted by Gasteiger charge is 2.20. The van der Waals surface area contributed by atoms with Crippen LogP contribution in [0.3, 0.4) is 0 Å². The van der Waals surface area contributed by atoms with Crippen LogP contribution in [-0.4, -0.2) is 22.7 Å². The Morgan fingerprint density at radius 3 is 2.54 bits per heavy atom. The first-order valence-electron chi connectivity index (χ1n) is 11.9. The van der Waals surface area contributed by atoms with Crippen LogP contribution in [0.2, 0.25) is 10.0 Å². The van der Waals surface area contributed by atoms with Crippen LogP contribution in [0.4, 0.5) is 0 Å². The zero-order valence-electron chi connectivity index (χ0n) is 19.5. The minimum Gasteiger partial charge on any atom is -0.356 e. The van der Waals surface area contributed by atoms with Gasteiger partial charge in [0.2, 0.25) is 0 Å². The molecule has 0 bridgehead atoms. The molecular formula is C29H26Cl2N2O2. The first kappa shape index (κ1) is 23.8. The lowest BCUT2D eigenvalue weighted by atomic mass is 9.87. The molecule has 0 spiro atoms. The quantitative estimate of drug-likeness (QED) is 0.196. The third kappa shape index (κ3) is 4.79. The molecule has 5 rings (SSSR count). The molecular weight excluding hydrogens is 479 g/mol. The van der Waals surface area contributed by atoms with Gasteiger partial charge in [-0.1, -0.05) is 66.5 Å². The lowest BCUT2D eigenvalue weighted by Gasteiger charge is -2.23. The minimum absolute atomic E-state index is 0.0166. The second-order valence-corrected chi connectivity index (χ2v) is 9.60. The molecule has 0 N–H and O–H groups in total. The maximum atomic E-state index is 11.3. The van der Waals surface area contributed by atoms with Crippen LogP contribution in [0.15, 0.2) is 66.9 Å². The van der Waals surface area contributed by atoms with Crippen molar-refractivity contribution in [3.63, 3.8) is 0 Å². The van der Waals surface area contributed by atoms with E-state index in [1.165, 1.54) is 0 Å². The summed E-state index contributed by atoms with van der Waals surface area (Å²) in [6.45, 7) is 2.90. The molecule has 4 nitrogen and oxygen atoms in total. The number of hydrogen-bond acceptors (Lipinski definition) is 3. The Kier molecular flexibility index (Phi) is 7.05. The fourth-order valence-electron chi connectivity index (χ4n) is 4.83. The van der Waals surface area contributed by atoms with Gasteiger partial charge in [-0.25, -0.2) is 4.68 Å². The number of allylic oxidation sites excluding steroid dienone is 1. The molecule has 1 aliphatic rings. The summed E-state index contributed by atoms with van der Waals surface area (Å²) in [4.78, 5) is 11.3. The average Bonchev–Trinajstić information content (AvgIpc) is 3.32. The zero-order valence-corrected chi connectivity index (χ0v) is 21.0. The number of nitrogens with zero attached hydrogens (tertiary/aromatic N) is 2. The summed E-state index contributed by atoms with van der Waals surface area (Å²) in [6.07, 6.45) is 6.74. The molecule has 1 atom stereocenters. The molecule has 1 saturated heterocycles. The van der Waals surface area contributed by atoms with E-state index in [0.717, 1.165) is 77.3 Å². The van der Waals surface area contributed by atoms with Crippen molar-refractivity contribution in [2.45, 2.75) is 38.8 Å². The molecule has 35 heavy (non-hydrogen) atoms. The zero-order chi connectivity index (χ0) is 24.4. The van der Waals surface area contributed by atoms with Crippen LogP contribution in [0.1, 0.15) is 65.9 Å². The monoisotopic (exact) mass is 504 g/mol. The van der Waals surface area contributed by atoms with E-state index >= 15 is 0 Å². The van der Waals surface area contributed by atoms with Gasteiger partial charge in [0.25, 0.3) is 0 Å². The van der Waals surface area contributed by atoms with E-state index in [4.69, 9.17) is 27.9 Å². The van der Waals surface area contributed by atoms with Crippen LogP contribution < -0.4 is 0 Å². The molecule has 4 aromatic rings. The number of hydrogen-bond donors (Lipinski definition) is 0. The van der Waals surface area contributed by atoms with E-state index in [-0.39, 0.29) is 6.23 Å². The molecule has 0 amide bonds. The van der Waals surface area contributed by atoms with E-state index in [0.29, 0.717) is 15.6 Å². The fraction of sp³-hybridized carbons (Fsp3) is 0.241. The highest BCUT2D eigenvalue weighted by molar-refractivity contribution is 6.36. The number of halogens is 2. The van der Waals surface area contributed by atoms with E-state index in [1.807, 2.05) is 47.3 Å². The van der Waals surface area contributed by atoms with Gasteiger partial charge in [-0.3, -0.25) is 4.79 Å². The highest BCUT2D eigenvalue weighted by Crippen LogP contribution is 2.39. The fourth-order valence-corrected chi connectivity index (χ4v) is 5.36. The molecule has 2 heterocycles. The Bertz CT molecular complexity index is 1400. The number of fused-ring (bicyclic) bond motifs is 1. The summed E-state index contributed by atoms with van der Waals surface area (Å²) in [5, 5.41) is 6.93. The molecule has 1 unspecified atom stereocenters. The summed E-state index contributed by atoms with van der Waals surface area (Å²) < 4.78 is 7.97. The smallest absolute Gasteiger partial charge is 0.150 e. The number of rotatable bonds is 6. The van der Waals surface area contributed by atoms with E-state index in [9.17, 15) is 4.79 Å². The van der Waals surface area contributed by atoms with Crippen LogP contribution in [0, 0.1) is 0 Å². The summed E-state index contributed by atoms with van der Waals surface area (Å²) in [6, 6.07) is 19.7. The van der Waals surface area contributed by atoms with Crippen LogP contribution in [0.25, 0.3) is 22.0 Å². The average molecular weight is 505 g/mol. The highest BCUT2D eigenvalue weighted by atomic mass is 35.5. The largest absolute Gasteiger partial charge is 0.356 e. The van der Waals surface area contributed by atoms with Crippen molar-refractivity contribution < 1.29 is 9.53 Å². The molecule has 0 saturated carbocycles. The van der Waals surface area contributed by atoms with Crippen molar-refractivity contribution in [3.05, 3.63) is 99.2 Å². The number of carbonyl (C=O) groups is 1. The number of aromatic nitrogens is 2. The van der Waals surface area contributed by atoms with Crippen molar-refractivity contribution in [1.29, 1.82) is 0 Å². The molecule has 1 fully saturated rings. The summed E-state index contributed by atoms with van der Waals surface area (Å²) in [5.41, 5.74) is 6.88. The molecule has 6 heteroatoms. The van der Waals surface area contributed by atoms with Gasteiger partial charge in [-0.2, -0.15) is 5.10 Å². The maximum Gasteiger partial charge on any atom is 0.150 e. The van der Waals surface area contributed by atoms with Crippen LogP contribution in [-0.2, 0) is 4.74 Å². The molecule has 1 aromatic heterocycles. The van der Waals surface area contributed by atoms with Crippen LogP contribution in [0.5, 0.6) is 0 Å². The van der Waals surface area contributed by atoms with Gasteiger partial charge in [0.1, 0.15) is 6.29 Å². The van der Waals surface area contributed by atoms with Gasteiger partial charge in [0.15, 0.2) is 6.23 Å². The Balaban J connectivity index is 1.69. The molecule has 178 valence electrons. The summed E-state index contributed by atoms with van der Waals surface area (Å²) in [7, 11) is 0. The van der Waals surface area contributed by atoms with Crippen molar-refractivity contribution in [2.24, 2.45) is 0 Å². The van der Waals surface area contributed by atoms with Gasteiger partial charge in [-0.15, -0.1) is 0 Å². The molecule has 1 aliphatic heterocycles. The maximum absolute atomic E-state index is 11.3. The van der Waals surface area contributed by atoms with Crippen molar-refractivity contribution in [1.82, 2.24) is 9.78 Å². The van der Waals surface area contributed by atoms with E-state index < -0.39 is 0 Å². The second-order valence-electron chi connectivity index (χ2n) is 8.76. The van der Waals surface area contributed by atoms with Crippen LogP contribution >= 0.6 is 23.2 Å². The third-order valence-corrected chi connectivity index (χ3v) is 7.11. The van der Waals surface area contributed by atoms with Gasteiger partial charge < -0.3 is 4.74 Å². The number of ether oxygens (including phenoxy) is 1. The number of benzene rings is 3.